The molecule has 0 aliphatic heterocycles. The first-order chi connectivity index (χ1) is 9.90. The number of carbonyl (C=O) groups is 1. The largest absolute Gasteiger partial charge is 0.457 e. The Balaban J connectivity index is 2.18. The van der Waals surface area contributed by atoms with E-state index in [1.165, 1.54) is 37.3 Å². The van der Waals surface area contributed by atoms with Crippen LogP contribution in [0.3, 0.4) is 0 Å². The van der Waals surface area contributed by atoms with Gasteiger partial charge in [0.05, 0.1) is 10.6 Å². The molecule has 0 aliphatic carbocycles. The van der Waals surface area contributed by atoms with E-state index in [1.807, 2.05) is 0 Å². The van der Waals surface area contributed by atoms with Gasteiger partial charge >= 0.3 is 5.97 Å². The third kappa shape index (κ3) is 3.31. The van der Waals surface area contributed by atoms with Gasteiger partial charge < -0.3 is 10.5 Å². The van der Waals surface area contributed by atoms with E-state index < -0.39 is 17.6 Å². The maximum absolute atomic E-state index is 13.9. The van der Waals surface area contributed by atoms with Crippen molar-refractivity contribution in [1.29, 1.82) is 0 Å². The van der Waals surface area contributed by atoms with Gasteiger partial charge in [-0.25, -0.2) is 13.6 Å². The highest BCUT2D eigenvalue weighted by Crippen LogP contribution is 2.22. The van der Waals surface area contributed by atoms with E-state index in [9.17, 15) is 13.6 Å². The molecular formula is C15H12ClF2NO2. The minimum absolute atomic E-state index is 0.130. The summed E-state index contributed by atoms with van der Waals surface area (Å²) in [6.07, 6.45) is 0. The minimum atomic E-state index is -0.886. The molecule has 0 saturated carbocycles. The van der Waals surface area contributed by atoms with Crippen LogP contribution in [0.25, 0.3) is 0 Å². The highest BCUT2D eigenvalue weighted by atomic mass is 35.5. The average molecular weight is 312 g/mol. The SMILES string of the molecule is Cc1cc(N)cc(C(=O)OCc2cccc(F)c2Cl)c1F. The van der Waals surface area contributed by atoms with Crippen LogP contribution in [0.1, 0.15) is 21.5 Å². The first kappa shape index (κ1) is 15.3. The van der Waals surface area contributed by atoms with Crippen LogP contribution in [-0.2, 0) is 11.3 Å². The third-order valence-electron chi connectivity index (χ3n) is 2.89. The Kier molecular flexibility index (Phi) is 4.43. The van der Waals surface area contributed by atoms with Gasteiger partial charge in [0.15, 0.2) is 0 Å². The molecule has 6 heteroatoms. The Morgan fingerprint density at radius 1 is 1.33 bits per heavy atom. The molecule has 21 heavy (non-hydrogen) atoms. The summed E-state index contributed by atoms with van der Waals surface area (Å²) in [7, 11) is 0. The number of esters is 1. The number of hydrogen-bond donors (Lipinski definition) is 1. The van der Waals surface area contributed by atoms with Crippen molar-refractivity contribution in [3.8, 4) is 0 Å². The predicted octanol–water partition coefficient (Wildman–Crippen LogP) is 3.87. The van der Waals surface area contributed by atoms with E-state index in [0.717, 1.165) is 0 Å². The topological polar surface area (TPSA) is 52.3 Å². The number of hydrogen-bond acceptors (Lipinski definition) is 3. The van der Waals surface area contributed by atoms with Crippen molar-refractivity contribution in [3.63, 3.8) is 0 Å². The molecule has 0 spiro atoms. The summed E-state index contributed by atoms with van der Waals surface area (Å²) in [5.74, 6) is -2.20. The number of benzene rings is 2. The lowest BCUT2D eigenvalue weighted by Gasteiger charge is -2.09. The van der Waals surface area contributed by atoms with Gasteiger partial charge in [0, 0.05) is 11.3 Å². The summed E-state index contributed by atoms with van der Waals surface area (Å²) in [6, 6.07) is 6.75. The van der Waals surface area contributed by atoms with Crippen molar-refractivity contribution in [1.82, 2.24) is 0 Å². The number of anilines is 1. The molecule has 0 heterocycles. The van der Waals surface area contributed by atoms with Gasteiger partial charge in [-0.3, -0.25) is 0 Å². The van der Waals surface area contributed by atoms with Crippen LogP contribution in [0, 0.1) is 18.6 Å². The summed E-state index contributed by atoms with van der Waals surface area (Å²) >= 11 is 5.74. The van der Waals surface area contributed by atoms with E-state index in [2.05, 4.69) is 0 Å². The van der Waals surface area contributed by atoms with E-state index >= 15 is 0 Å². The molecule has 2 rings (SSSR count). The van der Waals surface area contributed by atoms with Gasteiger partial charge in [-0.1, -0.05) is 23.7 Å². The van der Waals surface area contributed by atoms with E-state index in [1.54, 1.807) is 0 Å². The summed E-state index contributed by atoms with van der Waals surface area (Å²) in [6.45, 7) is 1.23. The number of nitrogens with two attached hydrogens (primary N) is 1. The number of rotatable bonds is 3. The highest BCUT2D eigenvalue weighted by molar-refractivity contribution is 6.31. The Morgan fingerprint density at radius 2 is 2.05 bits per heavy atom. The molecular weight excluding hydrogens is 300 g/mol. The van der Waals surface area contributed by atoms with Crippen molar-refractivity contribution in [3.05, 3.63) is 63.7 Å². The number of carbonyl (C=O) groups excluding carboxylic acids is 1. The van der Waals surface area contributed by atoms with Gasteiger partial charge in [0.25, 0.3) is 0 Å². The first-order valence-electron chi connectivity index (χ1n) is 6.05. The molecule has 2 aromatic carbocycles. The fraction of sp³-hybridized carbons (Fsp3) is 0.133. The lowest BCUT2D eigenvalue weighted by Crippen LogP contribution is -2.10. The van der Waals surface area contributed by atoms with Gasteiger partial charge in [0.1, 0.15) is 18.2 Å². The smallest absolute Gasteiger partial charge is 0.341 e. The fourth-order valence-corrected chi connectivity index (χ4v) is 2.01. The second-order valence-electron chi connectivity index (χ2n) is 4.49. The Labute approximate surface area is 125 Å². The van der Waals surface area contributed by atoms with Crippen molar-refractivity contribution < 1.29 is 18.3 Å². The molecule has 0 fully saturated rings. The van der Waals surface area contributed by atoms with Crippen LogP contribution in [0.5, 0.6) is 0 Å². The van der Waals surface area contributed by atoms with Gasteiger partial charge in [-0.05, 0) is 30.7 Å². The molecule has 3 nitrogen and oxygen atoms in total. The van der Waals surface area contributed by atoms with Crippen LogP contribution in [0.4, 0.5) is 14.5 Å². The number of aryl methyl sites for hydroxylation is 1. The van der Waals surface area contributed by atoms with Crippen LogP contribution >= 0.6 is 11.6 Å². The molecule has 0 radical (unpaired) electrons. The Bertz CT molecular complexity index is 704. The van der Waals surface area contributed by atoms with Crippen molar-refractivity contribution >= 4 is 23.3 Å². The van der Waals surface area contributed by atoms with E-state index in [-0.39, 0.29) is 28.4 Å². The van der Waals surface area contributed by atoms with Gasteiger partial charge in [-0.2, -0.15) is 0 Å². The normalized spacial score (nSPS) is 10.5. The second-order valence-corrected chi connectivity index (χ2v) is 4.87. The number of nitrogen functional groups attached to an aromatic ring is 1. The van der Waals surface area contributed by atoms with Crippen LogP contribution in [0.2, 0.25) is 5.02 Å². The van der Waals surface area contributed by atoms with Crippen molar-refractivity contribution in [2.75, 3.05) is 5.73 Å². The minimum Gasteiger partial charge on any atom is -0.457 e. The molecule has 0 amide bonds. The van der Waals surface area contributed by atoms with Gasteiger partial charge in [-0.15, -0.1) is 0 Å². The molecule has 0 aromatic heterocycles. The van der Waals surface area contributed by atoms with Crippen molar-refractivity contribution in [2.24, 2.45) is 0 Å². The molecule has 0 bridgehead atoms. The Hall–Kier alpha value is -2.14. The second kappa shape index (κ2) is 6.10. The summed E-state index contributed by atoms with van der Waals surface area (Å²) in [5, 5.41) is -0.130. The van der Waals surface area contributed by atoms with Gasteiger partial charge in [0.2, 0.25) is 0 Å². The fourth-order valence-electron chi connectivity index (χ4n) is 1.83. The zero-order valence-electron chi connectivity index (χ0n) is 11.1. The standard InChI is InChI=1S/C15H12ClF2NO2/c1-8-5-10(19)6-11(14(8)18)15(20)21-7-9-3-2-4-12(17)13(9)16/h2-6H,7,19H2,1H3. The highest BCUT2D eigenvalue weighted by Gasteiger charge is 2.17. The zero-order valence-corrected chi connectivity index (χ0v) is 11.9. The molecule has 0 unspecified atom stereocenters. The number of ether oxygens (including phenoxy) is 1. The monoisotopic (exact) mass is 311 g/mol. The zero-order chi connectivity index (χ0) is 15.6. The lowest BCUT2D eigenvalue weighted by molar-refractivity contribution is 0.0467. The van der Waals surface area contributed by atoms with Crippen LogP contribution in [-0.4, -0.2) is 5.97 Å². The third-order valence-corrected chi connectivity index (χ3v) is 3.31. The molecule has 0 aliphatic rings. The summed E-state index contributed by atoms with van der Waals surface area (Å²) in [5.41, 5.74) is 6.10. The average Bonchev–Trinajstić information content (AvgIpc) is 2.44. The summed E-state index contributed by atoms with van der Waals surface area (Å²) in [4.78, 5) is 11.9. The lowest BCUT2D eigenvalue weighted by atomic mass is 10.1. The number of halogens is 3. The van der Waals surface area contributed by atoms with E-state index in [0.29, 0.717) is 5.56 Å². The maximum Gasteiger partial charge on any atom is 0.341 e. The van der Waals surface area contributed by atoms with Crippen molar-refractivity contribution in [2.45, 2.75) is 13.5 Å². The van der Waals surface area contributed by atoms with Crippen LogP contribution < -0.4 is 5.73 Å². The first-order valence-corrected chi connectivity index (χ1v) is 6.43. The Morgan fingerprint density at radius 3 is 2.76 bits per heavy atom. The molecule has 0 atom stereocenters. The van der Waals surface area contributed by atoms with Crippen LogP contribution in [0.15, 0.2) is 30.3 Å². The molecule has 110 valence electrons. The molecule has 2 N–H and O–H groups in total. The molecule has 2 aromatic rings. The maximum atomic E-state index is 13.9. The predicted molar refractivity (Wildman–Crippen MR) is 76.1 cm³/mol. The summed E-state index contributed by atoms with van der Waals surface area (Å²) < 4.78 is 32.1. The van der Waals surface area contributed by atoms with E-state index in [4.69, 9.17) is 22.1 Å². The quantitative estimate of drug-likeness (QED) is 0.691. The molecule has 0 saturated heterocycles.